The minimum Gasteiger partial charge on any atom is -0.365 e. The molecule has 2 aromatic carbocycles. The average molecular weight is 507 g/mol. The Morgan fingerprint density at radius 2 is 1.94 bits per heavy atom. The van der Waals surface area contributed by atoms with Gasteiger partial charge in [-0.15, -0.1) is 0 Å². The summed E-state index contributed by atoms with van der Waals surface area (Å²) in [7, 11) is -3.60. The van der Waals surface area contributed by atoms with E-state index in [1.807, 2.05) is 0 Å². The van der Waals surface area contributed by atoms with Gasteiger partial charge in [0, 0.05) is 24.1 Å². The summed E-state index contributed by atoms with van der Waals surface area (Å²) in [5.41, 5.74) is 2.22. The monoisotopic (exact) mass is 506 g/mol. The van der Waals surface area contributed by atoms with Crippen molar-refractivity contribution in [3.63, 3.8) is 0 Å². The van der Waals surface area contributed by atoms with Gasteiger partial charge in [0.05, 0.1) is 18.4 Å². The van der Waals surface area contributed by atoms with Crippen molar-refractivity contribution < 1.29 is 26.4 Å². The van der Waals surface area contributed by atoms with Gasteiger partial charge in [-0.2, -0.15) is 18.2 Å². The smallest absolute Gasteiger partial charge is 0.365 e. The number of hydrogen-bond acceptors (Lipinski definition) is 7. The van der Waals surface area contributed by atoms with Crippen molar-refractivity contribution in [1.29, 1.82) is 0 Å². The van der Waals surface area contributed by atoms with E-state index in [-0.39, 0.29) is 30.5 Å². The highest BCUT2D eigenvalue weighted by molar-refractivity contribution is 7.92. The maximum Gasteiger partial charge on any atom is 0.421 e. The number of sulfonamides is 1. The molecule has 4 N–H and O–H groups in total. The van der Waals surface area contributed by atoms with Crippen molar-refractivity contribution in [2.45, 2.75) is 26.1 Å². The number of rotatable bonds is 7. The highest BCUT2D eigenvalue weighted by atomic mass is 32.2. The topological polar surface area (TPSA) is 125 Å². The molecule has 9 nitrogen and oxygen atoms in total. The number of carbonyl (C=O) groups excluding carboxylic acids is 1. The zero-order chi connectivity index (χ0) is 25.4. The van der Waals surface area contributed by atoms with Crippen molar-refractivity contribution in [2.75, 3.05) is 26.9 Å². The molecule has 13 heteroatoms. The van der Waals surface area contributed by atoms with Gasteiger partial charge >= 0.3 is 6.18 Å². The molecule has 184 valence electrons. The molecule has 0 atom stereocenters. The van der Waals surface area contributed by atoms with Crippen LogP contribution in [0.5, 0.6) is 0 Å². The van der Waals surface area contributed by atoms with Crippen LogP contribution in [0, 0.1) is 6.92 Å². The van der Waals surface area contributed by atoms with Crippen LogP contribution in [-0.2, 0) is 34.0 Å². The maximum atomic E-state index is 13.6. The molecule has 0 spiro atoms. The second-order valence-electron chi connectivity index (χ2n) is 8.00. The van der Waals surface area contributed by atoms with E-state index in [0.717, 1.165) is 11.8 Å². The zero-order valence-electron chi connectivity index (χ0n) is 18.6. The fourth-order valence-corrected chi connectivity index (χ4v) is 4.20. The van der Waals surface area contributed by atoms with Gasteiger partial charge < -0.3 is 16.0 Å². The molecule has 1 aromatic heterocycles. The molecule has 0 saturated heterocycles. The predicted octanol–water partition coefficient (Wildman–Crippen LogP) is 4.03. The highest BCUT2D eigenvalue weighted by Gasteiger charge is 2.35. The number of aromatic nitrogens is 2. The van der Waals surface area contributed by atoms with Gasteiger partial charge in [-0.05, 0) is 41.8 Å². The number of carbonyl (C=O) groups is 1. The standard InChI is InChI=1S/C22H21F3N6O3S/c1-12-4-3-5-17(31-35(2,33)34)15(12)10-26-20-16(22(23,24)25)11-27-21(30-20)28-14-7-6-13-8-19(32)29-18(13)9-14/h3-7,9,11,31H,8,10H2,1-2H3,(H,29,32)(H2,26,27,28,30). The van der Waals surface area contributed by atoms with Crippen molar-refractivity contribution in [3.05, 3.63) is 64.8 Å². The third-order valence-electron chi connectivity index (χ3n) is 5.22. The number of hydrogen-bond donors (Lipinski definition) is 4. The van der Waals surface area contributed by atoms with E-state index < -0.39 is 27.6 Å². The van der Waals surface area contributed by atoms with Crippen LogP contribution in [0.25, 0.3) is 0 Å². The molecule has 0 unspecified atom stereocenters. The van der Waals surface area contributed by atoms with Crippen molar-refractivity contribution >= 4 is 44.8 Å². The normalized spacial score (nSPS) is 13.2. The lowest BCUT2D eigenvalue weighted by Crippen LogP contribution is -2.16. The van der Waals surface area contributed by atoms with Crippen LogP contribution in [0.15, 0.2) is 42.6 Å². The van der Waals surface area contributed by atoms with E-state index in [0.29, 0.717) is 28.7 Å². The largest absolute Gasteiger partial charge is 0.421 e. The summed E-state index contributed by atoms with van der Waals surface area (Å²) in [4.78, 5) is 19.3. The molecule has 1 amide bonds. The van der Waals surface area contributed by atoms with E-state index in [9.17, 15) is 26.4 Å². The van der Waals surface area contributed by atoms with E-state index >= 15 is 0 Å². The number of alkyl halides is 3. The quantitative estimate of drug-likeness (QED) is 0.381. The number of nitrogens with one attached hydrogen (secondary N) is 4. The number of aryl methyl sites for hydroxylation is 1. The first-order valence-electron chi connectivity index (χ1n) is 10.3. The van der Waals surface area contributed by atoms with E-state index in [4.69, 9.17) is 0 Å². The van der Waals surface area contributed by atoms with Crippen LogP contribution in [0.2, 0.25) is 0 Å². The van der Waals surface area contributed by atoms with Crippen LogP contribution < -0.4 is 20.7 Å². The summed E-state index contributed by atoms with van der Waals surface area (Å²) in [5, 5.41) is 8.22. The second-order valence-corrected chi connectivity index (χ2v) is 9.75. The SMILES string of the molecule is Cc1cccc(NS(C)(=O)=O)c1CNc1nc(Nc2ccc3c(c2)NC(=O)C3)ncc1C(F)(F)F. The van der Waals surface area contributed by atoms with Crippen molar-refractivity contribution in [3.8, 4) is 0 Å². The number of anilines is 5. The summed E-state index contributed by atoms with van der Waals surface area (Å²) in [5.74, 6) is -0.711. The highest BCUT2D eigenvalue weighted by Crippen LogP contribution is 2.35. The first-order valence-corrected chi connectivity index (χ1v) is 12.2. The Hall–Kier alpha value is -3.87. The van der Waals surface area contributed by atoms with Gasteiger partial charge in [0.25, 0.3) is 0 Å². The van der Waals surface area contributed by atoms with Gasteiger partial charge in [-0.25, -0.2) is 13.4 Å². The zero-order valence-corrected chi connectivity index (χ0v) is 19.4. The van der Waals surface area contributed by atoms with Crippen LogP contribution >= 0.6 is 0 Å². The minimum absolute atomic E-state index is 0.0935. The summed E-state index contributed by atoms with van der Waals surface area (Å²) in [6, 6.07) is 9.92. The van der Waals surface area contributed by atoms with Crippen LogP contribution in [0.4, 0.5) is 42.0 Å². The second kappa shape index (κ2) is 9.06. The Morgan fingerprint density at radius 3 is 2.66 bits per heavy atom. The first kappa shape index (κ1) is 24.3. The summed E-state index contributed by atoms with van der Waals surface area (Å²) < 4.78 is 66.7. The molecular weight excluding hydrogens is 485 g/mol. The summed E-state index contributed by atoms with van der Waals surface area (Å²) >= 11 is 0. The number of halogens is 3. The predicted molar refractivity (Wildman–Crippen MR) is 126 cm³/mol. The number of amides is 1. The lowest BCUT2D eigenvalue weighted by atomic mass is 10.1. The van der Waals surface area contributed by atoms with Gasteiger partial charge in [0.15, 0.2) is 0 Å². The Morgan fingerprint density at radius 1 is 1.17 bits per heavy atom. The fraction of sp³-hybridized carbons (Fsp3) is 0.227. The molecule has 4 rings (SSSR count). The van der Waals surface area contributed by atoms with Gasteiger partial charge in [-0.1, -0.05) is 18.2 Å². The first-order chi connectivity index (χ1) is 16.4. The molecular formula is C22H21F3N6O3S. The van der Waals surface area contributed by atoms with Crippen molar-refractivity contribution in [1.82, 2.24) is 9.97 Å². The fourth-order valence-electron chi connectivity index (χ4n) is 3.61. The van der Waals surface area contributed by atoms with Gasteiger partial charge in [0.2, 0.25) is 21.9 Å². The molecule has 0 aliphatic carbocycles. The molecule has 1 aliphatic heterocycles. The molecule has 0 bridgehead atoms. The Bertz CT molecular complexity index is 1410. The van der Waals surface area contributed by atoms with Gasteiger partial charge in [-0.3, -0.25) is 9.52 Å². The lowest BCUT2D eigenvalue weighted by Gasteiger charge is -2.17. The molecule has 2 heterocycles. The number of nitrogens with zero attached hydrogens (tertiary/aromatic N) is 2. The molecule has 0 fully saturated rings. The van der Waals surface area contributed by atoms with Crippen LogP contribution in [0.1, 0.15) is 22.3 Å². The molecule has 3 aromatic rings. The lowest BCUT2D eigenvalue weighted by molar-refractivity contribution is -0.137. The summed E-state index contributed by atoms with van der Waals surface area (Å²) in [6.07, 6.45) is -2.81. The third-order valence-corrected chi connectivity index (χ3v) is 5.81. The van der Waals surface area contributed by atoms with Gasteiger partial charge in [0.1, 0.15) is 11.4 Å². The van der Waals surface area contributed by atoms with E-state index in [2.05, 4.69) is 30.6 Å². The maximum absolute atomic E-state index is 13.6. The minimum atomic E-state index is -4.72. The third kappa shape index (κ3) is 5.80. The van der Waals surface area contributed by atoms with E-state index in [1.54, 1.807) is 37.3 Å². The average Bonchev–Trinajstić information content (AvgIpc) is 3.11. The van der Waals surface area contributed by atoms with Crippen LogP contribution in [0.3, 0.4) is 0 Å². The Kier molecular flexibility index (Phi) is 6.28. The molecule has 1 aliphatic rings. The Labute approximate surface area is 199 Å². The van der Waals surface area contributed by atoms with E-state index in [1.165, 1.54) is 6.07 Å². The number of benzene rings is 2. The summed E-state index contributed by atoms with van der Waals surface area (Å²) in [6.45, 7) is 1.59. The molecule has 0 radical (unpaired) electrons. The Balaban J connectivity index is 1.62. The van der Waals surface area contributed by atoms with Crippen LogP contribution in [-0.4, -0.2) is 30.5 Å². The van der Waals surface area contributed by atoms with Crippen molar-refractivity contribution in [2.24, 2.45) is 0 Å². The molecule has 0 saturated carbocycles. The molecule has 35 heavy (non-hydrogen) atoms. The number of fused-ring (bicyclic) bond motifs is 1.